The molecule has 0 spiro atoms. The van der Waals surface area contributed by atoms with Crippen molar-refractivity contribution in [2.75, 3.05) is 13.7 Å². The van der Waals surface area contributed by atoms with Crippen LogP contribution in [0.5, 0.6) is 11.5 Å². The molecule has 7 heteroatoms. The van der Waals surface area contributed by atoms with Crippen molar-refractivity contribution in [3.8, 4) is 11.5 Å². The number of thioether (sulfide) groups is 1. The lowest BCUT2D eigenvalue weighted by Gasteiger charge is -2.13. The summed E-state index contributed by atoms with van der Waals surface area (Å²) in [6, 6.07) is 12.8. The molecule has 1 aliphatic heterocycles. The molecule has 2 amide bonds. The lowest BCUT2D eigenvalue weighted by molar-refractivity contribution is -0.121. The fourth-order valence-electron chi connectivity index (χ4n) is 2.74. The number of rotatable bonds is 6. The Morgan fingerprint density at radius 3 is 2.70 bits per heavy atom. The highest BCUT2D eigenvalue weighted by Gasteiger charge is 2.28. The average molecular weight is 386 g/mol. The summed E-state index contributed by atoms with van der Waals surface area (Å²) in [7, 11) is 1.52. The van der Waals surface area contributed by atoms with Gasteiger partial charge in [-0.05, 0) is 42.7 Å². The van der Waals surface area contributed by atoms with E-state index in [1.54, 1.807) is 18.2 Å². The van der Waals surface area contributed by atoms with Crippen LogP contribution >= 0.6 is 11.8 Å². The van der Waals surface area contributed by atoms with Gasteiger partial charge in [-0.1, -0.05) is 25.1 Å². The predicted octanol–water partition coefficient (Wildman–Crippen LogP) is 2.96. The van der Waals surface area contributed by atoms with Crippen LogP contribution in [0.3, 0.4) is 0 Å². The predicted molar refractivity (Wildman–Crippen MR) is 104 cm³/mol. The van der Waals surface area contributed by atoms with Gasteiger partial charge >= 0.3 is 0 Å². The molecule has 0 saturated heterocycles. The number of nitrogens with one attached hydrogen (secondary N) is 2. The standard InChI is InChI=1S/C20H22N2O4S/c1-3-10-26-15-9-8-14(11-16(15)25-2)19(23)21-22-20(24)18-12-13-6-4-5-7-17(13)27-18/h4-9,11,18H,3,10,12H2,1-2H3,(H,21,23)(H,22,24). The third kappa shape index (κ3) is 4.54. The average Bonchev–Trinajstić information content (AvgIpc) is 3.14. The molecule has 3 rings (SSSR count). The maximum absolute atomic E-state index is 12.4. The molecule has 27 heavy (non-hydrogen) atoms. The molecule has 2 aromatic rings. The third-order valence-electron chi connectivity index (χ3n) is 4.13. The molecule has 142 valence electrons. The van der Waals surface area contributed by atoms with Crippen molar-refractivity contribution >= 4 is 23.6 Å². The highest BCUT2D eigenvalue weighted by atomic mass is 32.2. The highest BCUT2D eigenvalue weighted by molar-refractivity contribution is 8.01. The van der Waals surface area contributed by atoms with Gasteiger partial charge in [-0.15, -0.1) is 11.8 Å². The van der Waals surface area contributed by atoms with E-state index >= 15 is 0 Å². The Bertz CT molecular complexity index is 815. The molecule has 1 atom stereocenters. The summed E-state index contributed by atoms with van der Waals surface area (Å²) in [5.74, 6) is 0.424. The number of ether oxygens (including phenoxy) is 2. The highest BCUT2D eigenvalue weighted by Crippen LogP contribution is 2.36. The van der Waals surface area contributed by atoms with Crippen molar-refractivity contribution < 1.29 is 19.1 Å². The van der Waals surface area contributed by atoms with Crippen LogP contribution in [0.4, 0.5) is 0 Å². The van der Waals surface area contributed by atoms with Gasteiger partial charge < -0.3 is 9.47 Å². The van der Waals surface area contributed by atoms with Crippen LogP contribution in [0.25, 0.3) is 0 Å². The molecule has 2 aromatic carbocycles. The number of carbonyl (C=O) groups excluding carboxylic acids is 2. The van der Waals surface area contributed by atoms with Gasteiger partial charge in [0.1, 0.15) is 0 Å². The smallest absolute Gasteiger partial charge is 0.269 e. The zero-order valence-electron chi connectivity index (χ0n) is 15.3. The zero-order chi connectivity index (χ0) is 19.2. The first-order chi connectivity index (χ1) is 13.1. The molecule has 1 unspecified atom stereocenters. The number of carbonyl (C=O) groups is 2. The second-order valence-corrected chi connectivity index (χ2v) is 7.32. The van der Waals surface area contributed by atoms with E-state index in [0.29, 0.717) is 30.1 Å². The minimum atomic E-state index is -0.413. The molecule has 0 saturated carbocycles. The number of fused-ring (bicyclic) bond motifs is 1. The minimum Gasteiger partial charge on any atom is -0.493 e. The lowest BCUT2D eigenvalue weighted by Crippen LogP contribution is -2.45. The Hall–Kier alpha value is -2.67. The van der Waals surface area contributed by atoms with E-state index in [9.17, 15) is 9.59 Å². The van der Waals surface area contributed by atoms with Crippen LogP contribution in [0, 0.1) is 0 Å². The van der Waals surface area contributed by atoms with Crippen LogP contribution < -0.4 is 20.3 Å². The Balaban J connectivity index is 1.57. The number of amides is 2. The number of hydrogen-bond donors (Lipinski definition) is 2. The summed E-state index contributed by atoms with van der Waals surface area (Å²) < 4.78 is 10.9. The third-order valence-corrected chi connectivity index (χ3v) is 5.44. The zero-order valence-corrected chi connectivity index (χ0v) is 16.1. The summed E-state index contributed by atoms with van der Waals surface area (Å²) >= 11 is 1.51. The lowest BCUT2D eigenvalue weighted by atomic mass is 10.1. The molecule has 1 heterocycles. The number of hydrogen-bond acceptors (Lipinski definition) is 5. The minimum absolute atomic E-state index is 0.223. The van der Waals surface area contributed by atoms with Gasteiger partial charge in [-0.3, -0.25) is 20.4 Å². The van der Waals surface area contributed by atoms with Crippen LogP contribution in [0.15, 0.2) is 47.4 Å². The van der Waals surface area contributed by atoms with E-state index < -0.39 is 5.91 Å². The largest absolute Gasteiger partial charge is 0.493 e. The fraction of sp³-hybridized carbons (Fsp3) is 0.300. The van der Waals surface area contributed by atoms with Gasteiger partial charge in [-0.25, -0.2) is 0 Å². The topological polar surface area (TPSA) is 76.7 Å². The Kier molecular flexibility index (Phi) is 6.24. The number of benzene rings is 2. The summed E-state index contributed by atoms with van der Waals surface area (Å²) in [5.41, 5.74) is 6.51. The summed E-state index contributed by atoms with van der Waals surface area (Å²) in [6.07, 6.45) is 1.53. The first-order valence-corrected chi connectivity index (χ1v) is 9.66. The quantitative estimate of drug-likeness (QED) is 0.747. The van der Waals surface area contributed by atoms with E-state index in [1.807, 2.05) is 31.2 Å². The summed E-state index contributed by atoms with van der Waals surface area (Å²) in [6.45, 7) is 2.58. The van der Waals surface area contributed by atoms with E-state index in [-0.39, 0.29) is 11.2 Å². The summed E-state index contributed by atoms with van der Waals surface area (Å²) in [4.78, 5) is 25.8. The Labute approximate surface area is 162 Å². The van der Waals surface area contributed by atoms with Gasteiger partial charge in [0.2, 0.25) is 0 Å². The van der Waals surface area contributed by atoms with Crippen molar-refractivity contribution in [2.24, 2.45) is 0 Å². The van der Waals surface area contributed by atoms with E-state index in [4.69, 9.17) is 9.47 Å². The Morgan fingerprint density at radius 1 is 1.15 bits per heavy atom. The molecule has 6 nitrogen and oxygen atoms in total. The number of methoxy groups -OCH3 is 1. The molecular formula is C20H22N2O4S. The molecule has 1 aliphatic rings. The molecule has 0 aliphatic carbocycles. The second kappa shape index (κ2) is 8.81. The molecule has 0 radical (unpaired) electrons. The van der Waals surface area contributed by atoms with Crippen molar-refractivity contribution in [1.82, 2.24) is 10.9 Å². The van der Waals surface area contributed by atoms with Gasteiger partial charge in [0, 0.05) is 10.5 Å². The van der Waals surface area contributed by atoms with E-state index in [0.717, 1.165) is 16.9 Å². The molecule has 0 fully saturated rings. The van der Waals surface area contributed by atoms with Gasteiger partial charge in [0.25, 0.3) is 11.8 Å². The van der Waals surface area contributed by atoms with Gasteiger partial charge in [-0.2, -0.15) is 0 Å². The van der Waals surface area contributed by atoms with Crippen molar-refractivity contribution in [2.45, 2.75) is 29.9 Å². The van der Waals surface area contributed by atoms with Crippen molar-refractivity contribution in [3.63, 3.8) is 0 Å². The molecular weight excluding hydrogens is 364 g/mol. The SMILES string of the molecule is CCCOc1ccc(C(=O)NNC(=O)C2Cc3ccccc3S2)cc1OC. The number of hydrazine groups is 1. The monoisotopic (exact) mass is 386 g/mol. The maximum Gasteiger partial charge on any atom is 0.269 e. The van der Waals surface area contributed by atoms with Crippen LogP contribution in [0.1, 0.15) is 29.3 Å². The maximum atomic E-state index is 12.4. The first kappa shape index (κ1) is 19.1. The fourth-order valence-corrected chi connectivity index (χ4v) is 3.93. The van der Waals surface area contributed by atoms with Crippen molar-refractivity contribution in [1.29, 1.82) is 0 Å². The second-order valence-electron chi connectivity index (χ2n) is 6.08. The van der Waals surface area contributed by atoms with Crippen LogP contribution in [-0.2, 0) is 11.2 Å². The normalized spacial score (nSPS) is 15.0. The Morgan fingerprint density at radius 2 is 1.96 bits per heavy atom. The molecule has 2 N–H and O–H groups in total. The van der Waals surface area contributed by atoms with E-state index in [2.05, 4.69) is 10.9 Å². The molecule has 0 bridgehead atoms. The molecule has 0 aromatic heterocycles. The van der Waals surface area contributed by atoms with Crippen LogP contribution in [-0.4, -0.2) is 30.8 Å². The van der Waals surface area contributed by atoms with Gasteiger partial charge in [0.15, 0.2) is 11.5 Å². The van der Waals surface area contributed by atoms with Crippen LogP contribution in [0.2, 0.25) is 0 Å². The van der Waals surface area contributed by atoms with E-state index in [1.165, 1.54) is 18.9 Å². The van der Waals surface area contributed by atoms with Crippen molar-refractivity contribution in [3.05, 3.63) is 53.6 Å². The first-order valence-electron chi connectivity index (χ1n) is 8.78. The summed E-state index contributed by atoms with van der Waals surface area (Å²) in [5, 5.41) is -0.248. The van der Waals surface area contributed by atoms with Gasteiger partial charge in [0.05, 0.1) is 19.0 Å².